The molecule has 6 nitrogen and oxygen atoms in total. The van der Waals surface area contributed by atoms with Crippen molar-refractivity contribution < 1.29 is 23.2 Å². The molecule has 0 aliphatic heterocycles. The fraction of sp³-hybridized carbons (Fsp3) is 0.0500. The maximum absolute atomic E-state index is 13.3. The lowest BCUT2D eigenvalue weighted by Gasteiger charge is -2.06. The number of Topliss-reactive ketones (excluding diaryl/α,β-unsaturated/α-hetero) is 1. The van der Waals surface area contributed by atoms with E-state index >= 15 is 0 Å². The van der Waals surface area contributed by atoms with Crippen molar-refractivity contribution in [3.05, 3.63) is 83.7 Å². The summed E-state index contributed by atoms with van der Waals surface area (Å²) in [6, 6.07) is 12.7. The zero-order chi connectivity index (χ0) is 20.3. The lowest BCUT2D eigenvalue weighted by molar-refractivity contribution is -0.112. The maximum Gasteiger partial charge on any atom is 0.296 e. The Balaban J connectivity index is 1.74. The van der Waals surface area contributed by atoms with Gasteiger partial charge in [0.25, 0.3) is 17.6 Å². The van der Waals surface area contributed by atoms with Crippen LogP contribution in [0.2, 0.25) is 0 Å². The van der Waals surface area contributed by atoms with Crippen LogP contribution in [0.4, 0.5) is 20.2 Å². The molecule has 0 fully saturated rings. The standard InChI is InChI=1S/C20H15F2N3O3/c1-25-11-12(18(26)20(28)23-13-5-3-2-4-6-13)9-17(25)19(27)24-14-7-8-15(21)16(22)10-14/h2-11H,1H3,(H,23,28)(H,24,27). The molecule has 0 saturated heterocycles. The van der Waals surface area contributed by atoms with Crippen molar-refractivity contribution in [2.24, 2.45) is 7.05 Å². The van der Waals surface area contributed by atoms with E-state index in [4.69, 9.17) is 0 Å². The molecular formula is C20H15F2N3O3. The molecule has 0 spiro atoms. The number of halogens is 2. The number of aromatic nitrogens is 1. The van der Waals surface area contributed by atoms with Gasteiger partial charge in [0.1, 0.15) is 5.69 Å². The number of carbonyl (C=O) groups excluding carboxylic acids is 3. The van der Waals surface area contributed by atoms with Crippen LogP contribution >= 0.6 is 0 Å². The van der Waals surface area contributed by atoms with Gasteiger partial charge in [-0.1, -0.05) is 18.2 Å². The van der Waals surface area contributed by atoms with Crippen molar-refractivity contribution in [2.45, 2.75) is 0 Å². The molecule has 142 valence electrons. The predicted octanol–water partition coefficient (Wildman–Crippen LogP) is 3.38. The third kappa shape index (κ3) is 4.12. The second-order valence-electron chi connectivity index (χ2n) is 5.96. The Morgan fingerprint density at radius 1 is 0.857 bits per heavy atom. The topological polar surface area (TPSA) is 80.2 Å². The summed E-state index contributed by atoms with van der Waals surface area (Å²) < 4.78 is 27.6. The van der Waals surface area contributed by atoms with Gasteiger partial charge >= 0.3 is 0 Å². The van der Waals surface area contributed by atoms with Crippen LogP contribution < -0.4 is 10.6 Å². The van der Waals surface area contributed by atoms with Gasteiger partial charge in [0.2, 0.25) is 0 Å². The Morgan fingerprint density at radius 2 is 1.57 bits per heavy atom. The Labute approximate surface area is 158 Å². The Bertz CT molecular complexity index is 1060. The van der Waals surface area contributed by atoms with Gasteiger partial charge in [-0.2, -0.15) is 0 Å². The van der Waals surface area contributed by atoms with E-state index in [1.807, 2.05) is 0 Å². The van der Waals surface area contributed by atoms with E-state index < -0.39 is 29.2 Å². The Kier molecular flexibility index (Phi) is 5.30. The number of hydrogen-bond donors (Lipinski definition) is 2. The number of para-hydroxylation sites is 1. The highest BCUT2D eigenvalue weighted by Crippen LogP contribution is 2.16. The van der Waals surface area contributed by atoms with Gasteiger partial charge in [0, 0.05) is 36.2 Å². The first-order chi connectivity index (χ1) is 13.3. The molecule has 3 rings (SSSR count). The molecule has 2 N–H and O–H groups in total. The molecule has 28 heavy (non-hydrogen) atoms. The number of anilines is 2. The molecule has 0 unspecified atom stereocenters. The number of rotatable bonds is 5. The first-order valence-corrected chi connectivity index (χ1v) is 8.18. The predicted molar refractivity (Wildman–Crippen MR) is 99.1 cm³/mol. The molecule has 2 amide bonds. The fourth-order valence-electron chi connectivity index (χ4n) is 2.52. The molecule has 0 bridgehead atoms. The molecule has 8 heteroatoms. The van der Waals surface area contributed by atoms with Crippen molar-refractivity contribution >= 4 is 29.0 Å². The van der Waals surface area contributed by atoms with Crippen LogP contribution in [0.3, 0.4) is 0 Å². The summed E-state index contributed by atoms with van der Waals surface area (Å²) in [5.41, 5.74) is 0.611. The molecular weight excluding hydrogens is 368 g/mol. The lowest BCUT2D eigenvalue weighted by Crippen LogP contribution is -2.22. The summed E-state index contributed by atoms with van der Waals surface area (Å²) in [6.07, 6.45) is 1.34. The zero-order valence-corrected chi connectivity index (χ0v) is 14.7. The van der Waals surface area contributed by atoms with E-state index in [1.54, 1.807) is 30.3 Å². The first kappa shape index (κ1) is 19.0. The molecule has 0 saturated carbocycles. The molecule has 0 radical (unpaired) electrons. The number of benzene rings is 2. The summed E-state index contributed by atoms with van der Waals surface area (Å²) in [5.74, 6) is -4.43. The average Bonchev–Trinajstić information content (AvgIpc) is 3.06. The monoisotopic (exact) mass is 383 g/mol. The van der Waals surface area contributed by atoms with Gasteiger partial charge in [0.15, 0.2) is 11.6 Å². The molecule has 1 heterocycles. The van der Waals surface area contributed by atoms with E-state index in [9.17, 15) is 23.2 Å². The van der Waals surface area contributed by atoms with Crippen LogP contribution in [0, 0.1) is 11.6 Å². The Hall–Kier alpha value is -3.81. The minimum absolute atomic E-state index is 0.0198. The summed E-state index contributed by atoms with van der Waals surface area (Å²) in [7, 11) is 1.52. The molecule has 0 aliphatic rings. The molecule has 1 aromatic heterocycles. The molecule has 0 aliphatic carbocycles. The van der Waals surface area contributed by atoms with Crippen LogP contribution in [0.5, 0.6) is 0 Å². The van der Waals surface area contributed by atoms with Gasteiger partial charge in [0.05, 0.1) is 0 Å². The highest BCUT2D eigenvalue weighted by molar-refractivity contribution is 6.46. The van der Waals surface area contributed by atoms with Crippen LogP contribution in [-0.4, -0.2) is 22.2 Å². The quantitative estimate of drug-likeness (QED) is 0.524. The van der Waals surface area contributed by atoms with E-state index in [-0.39, 0.29) is 16.9 Å². The third-order valence-electron chi connectivity index (χ3n) is 3.92. The second-order valence-corrected chi connectivity index (χ2v) is 5.96. The van der Waals surface area contributed by atoms with Gasteiger partial charge < -0.3 is 15.2 Å². The first-order valence-electron chi connectivity index (χ1n) is 8.18. The van der Waals surface area contributed by atoms with E-state index in [2.05, 4.69) is 10.6 Å². The molecule has 0 atom stereocenters. The van der Waals surface area contributed by atoms with E-state index in [0.29, 0.717) is 5.69 Å². The van der Waals surface area contributed by atoms with Gasteiger partial charge in [-0.3, -0.25) is 14.4 Å². The summed E-state index contributed by atoms with van der Waals surface area (Å²) >= 11 is 0. The van der Waals surface area contributed by atoms with Crippen LogP contribution in [0.25, 0.3) is 0 Å². The smallest absolute Gasteiger partial charge is 0.296 e. The third-order valence-corrected chi connectivity index (χ3v) is 3.92. The van der Waals surface area contributed by atoms with Gasteiger partial charge in [-0.25, -0.2) is 8.78 Å². The minimum Gasteiger partial charge on any atom is -0.346 e. The summed E-state index contributed by atoms with van der Waals surface area (Å²) in [6.45, 7) is 0. The average molecular weight is 383 g/mol. The summed E-state index contributed by atoms with van der Waals surface area (Å²) in [5, 5.41) is 4.88. The van der Waals surface area contributed by atoms with Gasteiger partial charge in [-0.05, 0) is 30.3 Å². The highest BCUT2D eigenvalue weighted by atomic mass is 19.2. The number of hydrogen-bond acceptors (Lipinski definition) is 3. The second kappa shape index (κ2) is 7.83. The minimum atomic E-state index is -1.10. The number of nitrogens with zero attached hydrogens (tertiary/aromatic N) is 1. The largest absolute Gasteiger partial charge is 0.346 e. The fourth-order valence-corrected chi connectivity index (χ4v) is 2.52. The van der Waals surface area contributed by atoms with E-state index in [1.165, 1.54) is 29.9 Å². The van der Waals surface area contributed by atoms with Crippen LogP contribution in [0.15, 0.2) is 60.8 Å². The highest BCUT2D eigenvalue weighted by Gasteiger charge is 2.21. The van der Waals surface area contributed by atoms with E-state index in [0.717, 1.165) is 12.1 Å². The zero-order valence-electron chi connectivity index (χ0n) is 14.7. The number of aryl methyl sites for hydroxylation is 1. The molecule has 2 aromatic carbocycles. The van der Waals surface area contributed by atoms with Crippen molar-refractivity contribution in [1.82, 2.24) is 4.57 Å². The van der Waals surface area contributed by atoms with Crippen molar-refractivity contribution in [2.75, 3.05) is 10.6 Å². The molecule has 3 aromatic rings. The van der Waals surface area contributed by atoms with Crippen LogP contribution in [0.1, 0.15) is 20.8 Å². The lowest BCUT2D eigenvalue weighted by atomic mass is 10.2. The number of nitrogens with one attached hydrogen (secondary N) is 2. The number of amides is 2. The SMILES string of the molecule is Cn1cc(C(=O)C(=O)Nc2ccccc2)cc1C(=O)Nc1ccc(F)c(F)c1. The van der Waals surface area contributed by atoms with Crippen molar-refractivity contribution in [1.29, 1.82) is 0 Å². The summed E-state index contributed by atoms with van der Waals surface area (Å²) in [4.78, 5) is 36.8. The van der Waals surface area contributed by atoms with Crippen molar-refractivity contribution in [3.63, 3.8) is 0 Å². The van der Waals surface area contributed by atoms with Gasteiger partial charge in [-0.15, -0.1) is 0 Å². The normalized spacial score (nSPS) is 10.4. The number of ketones is 1. The Morgan fingerprint density at radius 3 is 2.25 bits per heavy atom. The number of carbonyl (C=O) groups is 3. The maximum atomic E-state index is 13.3. The van der Waals surface area contributed by atoms with Crippen LogP contribution in [-0.2, 0) is 11.8 Å². The van der Waals surface area contributed by atoms with Crippen molar-refractivity contribution in [3.8, 4) is 0 Å².